The number of amides is 1. The van der Waals surface area contributed by atoms with Gasteiger partial charge in [0, 0.05) is 31.3 Å². The molecule has 0 radical (unpaired) electrons. The Labute approximate surface area is 125 Å². The quantitative estimate of drug-likeness (QED) is 0.469. The van der Waals surface area contributed by atoms with E-state index in [4.69, 9.17) is 0 Å². The van der Waals surface area contributed by atoms with Gasteiger partial charge in [0.15, 0.2) is 0 Å². The summed E-state index contributed by atoms with van der Waals surface area (Å²) in [5, 5.41) is 7.20. The molecule has 0 saturated carbocycles. The van der Waals surface area contributed by atoms with Gasteiger partial charge < -0.3 is 10.1 Å². The molecule has 1 amide bonds. The van der Waals surface area contributed by atoms with Crippen LogP contribution in [0.15, 0.2) is 12.2 Å². The van der Waals surface area contributed by atoms with Crippen molar-refractivity contribution in [1.82, 2.24) is 15.1 Å². The Morgan fingerprint density at radius 2 is 2.05 bits per heavy atom. The number of carbonyl (C=O) groups is 2. The topological polar surface area (TPSA) is 73.2 Å². The maximum atomic E-state index is 11.7. The van der Waals surface area contributed by atoms with Crippen LogP contribution < -0.4 is 5.32 Å². The molecule has 0 unspecified atom stereocenters. The number of carbonyl (C=O) groups excluding carboxylic acids is 2. The molecule has 0 fully saturated rings. The lowest BCUT2D eigenvalue weighted by molar-refractivity contribution is -0.134. The van der Waals surface area contributed by atoms with Crippen molar-refractivity contribution in [2.75, 3.05) is 13.7 Å². The number of ether oxygens (including phenoxy) is 1. The molecule has 0 atom stereocenters. The van der Waals surface area contributed by atoms with Crippen molar-refractivity contribution in [2.45, 2.75) is 40.2 Å². The van der Waals surface area contributed by atoms with E-state index in [1.165, 1.54) is 18.7 Å². The summed E-state index contributed by atoms with van der Waals surface area (Å²) in [7, 11) is 1.33. The third-order valence-corrected chi connectivity index (χ3v) is 3.38. The van der Waals surface area contributed by atoms with Gasteiger partial charge in [-0.05, 0) is 32.8 Å². The van der Waals surface area contributed by atoms with Crippen molar-refractivity contribution >= 4 is 11.9 Å². The van der Waals surface area contributed by atoms with Gasteiger partial charge in [-0.15, -0.1) is 0 Å². The highest BCUT2D eigenvalue weighted by atomic mass is 16.5. The number of rotatable bonds is 7. The summed E-state index contributed by atoms with van der Waals surface area (Å²) in [5.41, 5.74) is 3.27. The van der Waals surface area contributed by atoms with Gasteiger partial charge in [0.1, 0.15) is 0 Å². The number of hydrogen-bond acceptors (Lipinski definition) is 4. The minimum atomic E-state index is -0.388. The minimum absolute atomic E-state index is 0.0216. The minimum Gasteiger partial charge on any atom is -0.466 e. The molecule has 1 rings (SSSR count). The van der Waals surface area contributed by atoms with Gasteiger partial charge in [0.2, 0.25) is 5.91 Å². The second kappa shape index (κ2) is 8.24. The molecule has 116 valence electrons. The molecule has 1 heterocycles. The fourth-order valence-corrected chi connectivity index (χ4v) is 1.84. The van der Waals surface area contributed by atoms with Crippen LogP contribution in [0.3, 0.4) is 0 Å². The molecule has 0 aliphatic rings. The van der Waals surface area contributed by atoms with Crippen molar-refractivity contribution in [3.8, 4) is 0 Å². The number of nitrogens with one attached hydrogen (secondary N) is 1. The first kappa shape index (κ1) is 16.9. The van der Waals surface area contributed by atoms with Gasteiger partial charge in [-0.3, -0.25) is 9.48 Å². The van der Waals surface area contributed by atoms with Gasteiger partial charge in [0.25, 0.3) is 0 Å². The molecule has 1 aromatic rings. The Hall–Kier alpha value is -2.11. The fourth-order valence-electron chi connectivity index (χ4n) is 1.84. The molecule has 0 aliphatic heterocycles. The second-order valence-corrected chi connectivity index (χ2v) is 4.83. The van der Waals surface area contributed by atoms with Crippen LogP contribution in [0, 0.1) is 20.8 Å². The van der Waals surface area contributed by atoms with Crippen LogP contribution >= 0.6 is 0 Å². The summed E-state index contributed by atoms with van der Waals surface area (Å²) in [6.07, 6.45) is 4.02. The summed E-state index contributed by atoms with van der Waals surface area (Å²) in [6.45, 7) is 7.08. The smallest absolute Gasteiger partial charge is 0.330 e. The monoisotopic (exact) mass is 293 g/mol. The molecule has 1 aromatic heterocycles. The zero-order chi connectivity index (χ0) is 15.8. The number of methoxy groups -OCH3 is 1. The van der Waals surface area contributed by atoms with E-state index >= 15 is 0 Å². The number of hydrogen-bond donors (Lipinski definition) is 1. The Balaban J connectivity index is 2.27. The summed E-state index contributed by atoms with van der Waals surface area (Å²) < 4.78 is 6.33. The fraction of sp³-hybridized carbons (Fsp3) is 0.533. The second-order valence-electron chi connectivity index (χ2n) is 4.83. The van der Waals surface area contributed by atoms with E-state index in [1.807, 2.05) is 25.5 Å². The van der Waals surface area contributed by atoms with Crippen LogP contribution in [0.1, 0.15) is 29.8 Å². The van der Waals surface area contributed by atoms with Crippen LogP contribution in [0.4, 0.5) is 0 Å². The third-order valence-electron chi connectivity index (χ3n) is 3.38. The summed E-state index contributed by atoms with van der Waals surface area (Å²) in [5.74, 6) is -0.409. The van der Waals surface area contributed by atoms with E-state index in [0.29, 0.717) is 25.9 Å². The number of esters is 1. The predicted octanol–water partition coefficient (Wildman–Crippen LogP) is 1.43. The Morgan fingerprint density at radius 1 is 1.33 bits per heavy atom. The van der Waals surface area contributed by atoms with E-state index in [-0.39, 0.29) is 11.9 Å². The van der Waals surface area contributed by atoms with Crippen molar-refractivity contribution in [1.29, 1.82) is 0 Å². The van der Waals surface area contributed by atoms with Crippen LogP contribution in [0.2, 0.25) is 0 Å². The van der Waals surface area contributed by atoms with Gasteiger partial charge in [-0.1, -0.05) is 6.08 Å². The van der Waals surface area contributed by atoms with Crippen LogP contribution in [0.5, 0.6) is 0 Å². The first-order valence-corrected chi connectivity index (χ1v) is 6.97. The van der Waals surface area contributed by atoms with E-state index in [9.17, 15) is 9.59 Å². The van der Waals surface area contributed by atoms with E-state index in [0.717, 1.165) is 11.4 Å². The largest absolute Gasteiger partial charge is 0.466 e. The van der Waals surface area contributed by atoms with Crippen LogP contribution in [0.25, 0.3) is 0 Å². The van der Waals surface area contributed by atoms with E-state index in [1.54, 1.807) is 6.08 Å². The zero-order valence-electron chi connectivity index (χ0n) is 13.1. The SMILES string of the molecule is COC(=O)/C=C/CCNC(=O)CCn1nc(C)c(C)c1C. The van der Waals surface area contributed by atoms with Crippen molar-refractivity contribution in [3.63, 3.8) is 0 Å². The Morgan fingerprint density at radius 3 is 2.62 bits per heavy atom. The molecule has 0 spiro atoms. The molecule has 6 nitrogen and oxygen atoms in total. The molecule has 0 aromatic carbocycles. The van der Waals surface area contributed by atoms with Crippen molar-refractivity contribution in [3.05, 3.63) is 29.1 Å². The normalized spacial score (nSPS) is 10.9. The first-order valence-electron chi connectivity index (χ1n) is 6.97. The van der Waals surface area contributed by atoms with Gasteiger partial charge in [-0.2, -0.15) is 5.10 Å². The average Bonchev–Trinajstić information content (AvgIpc) is 2.71. The van der Waals surface area contributed by atoms with Crippen molar-refractivity contribution in [2.24, 2.45) is 0 Å². The molecular formula is C15H23N3O3. The number of aromatic nitrogens is 2. The molecule has 1 N–H and O–H groups in total. The average molecular weight is 293 g/mol. The molecule has 6 heteroatoms. The predicted molar refractivity (Wildman–Crippen MR) is 79.8 cm³/mol. The summed E-state index contributed by atoms with van der Waals surface area (Å²) in [6, 6.07) is 0. The Kier molecular flexibility index (Phi) is 6.65. The third kappa shape index (κ3) is 5.41. The summed E-state index contributed by atoms with van der Waals surface area (Å²) >= 11 is 0. The molecular weight excluding hydrogens is 270 g/mol. The first-order chi connectivity index (χ1) is 9.95. The maximum absolute atomic E-state index is 11.7. The lowest BCUT2D eigenvalue weighted by Crippen LogP contribution is -2.25. The Bertz CT molecular complexity index is 533. The highest BCUT2D eigenvalue weighted by molar-refractivity contribution is 5.81. The zero-order valence-corrected chi connectivity index (χ0v) is 13.1. The van der Waals surface area contributed by atoms with Gasteiger partial charge in [0.05, 0.1) is 12.8 Å². The lowest BCUT2D eigenvalue weighted by Gasteiger charge is -2.05. The molecule has 0 aliphatic carbocycles. The molecule has 0 bridgehead atoms. The van der Waals surface area contributed by atoms with Gasteiger partial charge in [-0.25, -0.2) is 4.79 Å². The highest BCUT2D eigenvalue weighted by Crippen LogP contribution is 2.11. The van der Waals surface area contributed by atoms with Crippen LogP contribution in [-0.4, -0.2) is 35.3 Å². The number of nitrogens with zero attached hydrogens (tertiary/aromatic N) is 2. The van der Waals surface area contributed by atoms with Gasteiger partial charge >= 0.3 is 5.97 Å². The molecule has 0 saturated heterocycles. The van der Waals surface area contributed by atoms with E-state index < -0.39 is 0 Å². The molecule has 21 heavy (non-hydrogen) atoms. The van der Waals surface area contributed by atoms with Crippen LogP contribution in [-0.2, 0) is 20.9 Å². The van der Waals surface area contributed by atoms with Crippen molar-refractivity contribution < 1.29 is 14.3 Å². The lowest BCUT2D eigenvalue weighted by atomic mass is 10.2. The maximum Gasteiger partial charge on any atom is 0.330 e. The highest BCUT2D eigenvalue weighted by Gasteiger charge is 2.08. The standard InChI is InChI=1S/C15H23N3O3/c1-11-12(2)17-18(13(11)3)10-8-14(19)16-9-6-5-7-15(20)21-4/h5,7H,6,8-10H2,1-4H3,(H,16,19)/b7-5+. The number of aryl methyl sites for hydroxylation is 2. The summed E-state index contributed by atoms with van der Waals surface area (Å²) in [4.78, 5) is 22.5. The van der Waals surface area contributed by atoms with E-state index in [2.05, 4.69) is 15.2 Å².